The summed E-state index contributed by atoms with van der Waals surface area (Å²) in [5.74, 6) is 1.30. The lowest BCUT2D eigenvalue weighted by Gasteiger charge is -2.34. The van der Waals surface area contributed by atoms with Crippen molar-refractivity contribution in [1.29, 1.82) is 0 Å². The number of anilines is 2. The summed E-state index contributed by atoms with van der Waals surface area (Å²) in [5, 5.41) is 4.34. The number of amides is 1. The number of rotatable bonds is 4. The molecule has 1 saturated heterocycles. The van der Waals surface area contributed by atoms with Gasteiger partial charge in [0.25, 0.3) is 0 Å². The molecule has 0 radical (unpaired) electrons. The van der Waals surface area contributed by atoms with E-state index < -0.39 is 5.60 Å². The number of carbonyl (C=O) groups is 1. The molecule has 2 aliphatic rings. The van der Waals surface area contributed by atoms with Crippen LogP contribution in [-0.4, -0.2) is 65.6 Å². The zero-order chi connectivity index (χ0) is 23.4. The molecule has 1 aromatic carbocycles. The molecule has 0 saturated carbocycles. The number of hydrogen-bond acceptors (Lipinski definition) is 8. The molecule has 0 atom stereocenters. The molecule has 0 aliphatic carbocycles. The fourth-order valence-corrected chi connectivity index (χ4v) is 3.89. The smallest absolute Gasteiger partial charge is 0.410 e. The number of aromatic nitrogens is 2. The van der Waals surface area contributed by atoms with E-state index in [1.807, 2.05) is 45.9 Å². The van der Waals surface area contributed by atoms with Crippen LogP contribution in [-0.2, 0) is 22.4 Å². The summed E-state index contributed by atoms with van der Waals surface area (Å²) in [4.78, 5) is 26.1. The predicted octanol–water partition coefficient (Wildman–Crippen LogP) is 3.36. The van der Waals surface area contributed by atoms with Gasteiger partial charge in [0.05, 0.1) is 31.7 Å². The van der Waals surface area contributed by atoms with Crippen LogP contribution in [0.4, 0.5) is 16.6 Å². The van der Waals surface area contributed by atoms with E-state index in [2.05, 4.69) is 21.5 Å². The van der Waals surface area contributed by atoms with E-state index in [1.54, 1.807) is 11.1 Å². The fraction of sp³-hybridized carbons (Fsp3) is 0.500. The van der Waals surface area contributed by atoms with Gasteiger partial charge in [0, 0.05) is 25.2 Å². The second kappa shape index (κ2) is 9.74. The van der Waals surface area contributed by atoms with Gasteiger partial charge in [0.1, 0.15) is 11.4 Å². The standard InChI is InChI=1S/C24H32N6O3/c1-17-6-5-7-18(14-17)15-25-28-22-26-20-16-30(23(31)33-24(2,3)4)9-8-19(20)21(27-22)29-10-12-32-13-11-29/h5-7,14-15H,8-13,16H2,1-4H3,(H,26,27,28)/b25-15+. The van der Waals surface area contributed by atoms with Gasteiger partial charge in [-0.1, -0.05) is 29.8 Å². The van der Waals surface area contributed by atoms with Crippen molar-refractivity contribution in [3.63, 3.8) is 0 Å². The second-order valence-electron chi connectivity index (χ2n) is 9.33. The van der Waals surface area contributed by atoms with Crippen molar-refractivity contribution < 1.29 is 14.3 Å². The van der Waals surface area contributed by atoms with Crippen LogP contribution in [0.15, 0.2) is 29.4 Å². The fourth-order valence-electron chi connectivity index (χ4n) is 3.89. The minimum atomic E-state index is -0.542. The van der Waals surface area contributed by atoms with Crippen molar-refractivity contribution in [3.05, 3.63) is 46.6 Å². The molecular weight excluding hydrogens is 420 g/mol. The highest BCUT2D eigenvalue weighted by molar-refractivity contribution is 5.80. The molecule has 2 aromatic rings. The van der Waals surface area contributed by atoms with Crippen LogP contribution >= 0.6 is 0 Å². The first-order valence-corrected chi connectivity index (χ1v) is 11.3. The molecule has 33 heavy (non-hydrogen) atoms. The Balaban J connectivity index is 1.58. The van der Waals surface area contributed by atoms with Crippen LogP contribution in [0.5, 0.6) is 0 Å². The number of fused-ring (bicyclic) bond motifs is 1. The Morgan fingerprint density at radius 3 is 2.73 bits per heavy atom. The number of aryl methyl sites for hydroxylation is 1. The van der Waals surface area contributed by atoms with Gasteiger partial charge in [-0.05, 0) is 39.7 Å². The zero-order valence-corrected chi connectivity index (χ0v) is 19.8. The third kappa shape index (κ3) is 5.98. The molecule has 2 aliphatic heterocycles. The van der Waals surface area contributed by atoms with Gasteiger partial charge in [-0.2, -0.15) is 10.1 Å². The summed E-state index contributed by atoms with van der Waals surface area (Å²) in [7, 11) is 0. The van der Waals surface area contributed by atoms with Gasteiger partial charge < -0.3 is 19.3 Å². The Kier molecular flexibility index (Phi) is 6.78. The second-order valence-corrected chi connectivity index (χ2v) is 9.33. The first-order chi connectivity index (χ1) is 15.8. The van der Waals surface area contributed by atoms with Crippen molar-refractivity contribution >= 4 is 24.1 Å². The Bertz CT molecular complexity index is 1030. The van der Waals surface area contributed by atoms with Gasteiger partial charge in [-0.15, -0.1) is 0 Å². The number of carbonyl (C=O) groups excluding carboxylic acids is 1. The number of benzene rings is 1. The highest BCUT2D eigenvalue weighted by atomic mass is 16.6. The number of ether oxygens (including phenoxy) is 2. The number of nitrogens with zero attached hydrogens (tertiary/aromatic N) is 5. The topological polar surface area (TPSA) is 92.2 Å². The summed E-state index contributed by atoms with van der Waals surface area (Å²) < 4.78 is 11.1. The van der Waals surface area contributed by atoms with Crippen molar-refractivity contribution in [2.75, 3.05) is 43.2 Å². The minimum absolute atomic E-state index is 0.327. The maximum atomic E-state index is 12.6. The number of nitrogens with one attached hydrogen (secondary N) is 1. The van der Waals surface area contributed by atoms with Gasteiger partial charge in [0.15, 0.2) is 0 Å². The summed E-state index contributed by atoms with van der Waals surface area (Å²) in [6.45, 7) is 11.5. The maximum Gasteiger partial charge on any atom is 0.410 e. The average molecular weight is 453 g/mol. The largest absolute Gasteiger partial charge is 0.444 e. The number of hydrogen-bond donors (Lipinski definition) is 1. The molecule has 9 nitrogen and oxygen atoms in total. The van der Waals surface area contributed by atoms with Crippen molar-refractivity contribution in [1.82, 2.24) is 14.9 Å². The van der Waals surface area contributed by atoms with E-state index >= 15 is 0 Å². The lowest BCUT2D eigenvalue weighted by Crippen LogP contribution is -2.42. The molecule has 1 aromatic heterocycles. The predicted molar refractivity (Wildman–Crippen MR) is 128 cm³/mol. The molecule has 1 fully saturated rings. The van der Waals surface area contributed by atoms with Crippen LogP contribution in [0.3, 0.4) is 0 Å². The Hall–Kier alpha value is -3.20. The Labute approximate surface area is 194 Å². The lowest BCUT2D eigenvalue weighted by atomic mass is 10.0. The van der Waals surface area contributed by atoms with Gasteiger partial charge in [-0.25, -0.2) is 15.2 Å². The van der Waals surface area contributed by atoms with Crippen LogP contribution in [0.2, 0.25) is 0 Å². The highest BCUT2D eigenvalue weighted by Crippen LogP contribution is 2.29. The van der Waals surface area contributed by atoms with Crippen molar-refractivity contribution in [3.8, 4) is 0 Å². The van der Waals surface area contributed by atoms with Gasteiger partial charge in [0.2, 0.25) is 5.95 Å². The third-order valence-corrected chi connectivity index (χ3v) is 5.43. The normalized spacial score (nSPS) is 16.6. The quantitative estimate of drug-likeness (QED) is 0.562. The first-order valence-electron chi connectivity index (χ1n) is 11.3. The summed E-state index contributed by atoms with van der Waals surface area (Å²) in [6, 6.07) is 8.08. The lowest BCUT2D eigenvalue weighted by molar-refractivity contribution is 0.0221. The third-order valence-electron chi connectivity index (χ3n) is 5.43. The van der Waals surface area contributed by atoms with Crippen LogP contribution in [0.1, 0.15) is 43.2 Å². The van der Waals surface area contributed by atoms with E-state index in [9.17, 15) is 4.79 Å². The molecular formula is C24H32N6O3. The monoisotopic (exact) mass is 452 g/mol. The molecule has 9 heteroatoms. The number of hydrazone groups is 1. The summed E-state index contributed by atoms with van der Waals surface area (Å²) in [5.41, 5.74) is 6.49. The van der Waals surface area contributed by atoms with E-state index in [1.165, 1.54) is 5.56 Å². The molecule has 0 unspecified atom stereocenters. The molecule has 3 heterocycles. The molecule has 176 valence electrons. The van der Waals surface area contributed by atoms with Crippen LogP contribution < -0.4 is 10.3 Å². The molecule has 0 bridgehead atoms. The van der Waals surface area contributed by atoms with Crippen molar-refractivity contribution in [2.45, 2.75) is 46.3 Å². The average Bonchev–Trinajstić information content (AvgIpc) is 2.77. The van der Waals surface area contributed by atoms with E-state index in [-0.39, 0.29) is 6.09 Å². The zero-order valence-electron chi connectivity index (χ0n) is 19.8. The highest BCUT2D eigenvalue weighted by Gasteiger charge is 2.30. The van der Waals surface area contributed by atoms with E-state index in [0.29, 0.717) is 38.7 Å². The first kappa shape index (κ1) is 23.0. The summed E-state index contributed by atoms with van der Waals surface area (Å²) >= 11 is 0. The Morgan fingerprint density at radius 2 is 2.00 bits per heavy atom. The Morgan fingerprint density at radius 1 is 1.21 bits per heavy atom. The van der Waals surface area contributed by atoms with Crippen LogP contribution in [0, 0.1) is 6.92 Å². The molecule has 1 amide bonds. The summed E-state index contributed by atoms with van der Waals surface area (Å²) in [6.07, 6.45) is 2.09. The van der Waals surface area contributed by atoms with Crippen LogP contribution in [0.25, 0.3) is 0 Å². The molecule has 4 rings (SSSR count). The minimum Gasteiger partial charge on any atom is -0.444 e. The number of morpholine rings is 1. The van der Waals surface area contributed by atoms with Gasteiger partial charge in [-0.3, -0.25) is 0 Å². The van der Waals surface area contributed by atoms with Gasteiger partial charge >= 0.3 is 6.09 Å². The molecule has 1 N–H and O–H groups in total. The molecule has 0 spiro atoms. The SMILES string of the molecule is Cc1cccc(/C=N/Nc2nc3c(c(N4CCOCC4)n2)CCN(C(=O)OC(C)(C)C)C3)c1. The maximum absolute atomic E-state index is 12.6. The van der Waals surface area contributed by atoms with Crippen molar-refractivity contribution in [2.24, 2.45) is 5.10 Å². The van der Waals surface area contributed by atoms with E-state index in [4.69, 9.17) is 19.4 Å². The van der Waals surface area contributed by atoms with E-state index in [0.717, 1.165) is 35.7 Å².